The van der Waals surface area contributed by atoms with E-state index in [9.17, 15) is 8.42 Å². The van der Waals surface area contributed by atoms with Crippen LogP contribution >= 0.6 is 0 Å². The highest BCUT2D eigenvalue weighted by Crippen LogP contribution is 2.28. The van der Waals surface area contributed by atoms with Crippen LogP contribution in [-0.2, 0) is 16.6 Å². The third-order valence-corrected chi connectivity index (χ3v) is 5.51. The fourth-order valence-corrected chi connectivity index (χ4v) is 4.18. The Kier molecular flexibility index (Phi) is 3.79. The molecule has 0 amide bonds. The molecule has 5 nitrogen and oxygen atoms in total. The van der Waals surface area contributed by atoms with Crippen molar-refractivity contribution in [1.29, 1.82) is 0 Å². The second-order valence-electron chi connectivity index (χ2n) is 5.13. The minimum Gasteiger partial charge on any atom is -0.390 e. The van der Waals surface area contributed by atoms with Gasteiger partial charge in [-0.2, -0.15) is 4.31 Å². The number of aromatic nitrogens is 1. The van der Waals surface area contributed by atoms with Crippen LogP contribution in [0.5, 0.6) is 0 Å². The number of aliphatic hydroxyl groups is 1. The summed E-state index contributed by atoms with van der Waals surface area (Å²) in [7, 11) is -3.44. The van der Waals surface area contributed by atoms with Gasteiger partial charge in [0.1, 0.15) is 0 Å². The van der Waals surface area contributed by atoms with Gasteiger partial charge in [0.2, 0.25) is 10.0 Å². The molecule has 6 heteroatoms. The molecule has 1 aromatic rings. The smallest absolute Gasteiger partial charge is 0.244 e. The first kappa shape index (κ1) is 13.6. The predicted molar refractivity (Wildman–Crippen MR) is 68.5 cm³/mol. The first-order valence-corrected chi connectivity index (χ1v) is 7.69. The number of nitrogens with zero attached hydrogens (tertiary/aromatic N) is 1. The van der Waals surface area contributed by atoms with Crippen molar-refractivity contribution in [2.24, 2.45) is 5.92 Å². The molecular weight excluding hydrogens is 252 g/mol. The molecule has 0 spiro atoms. The molecule has 2 heterocycles. The highest BCUT2D eigenvalue weighted by atomic mass is 32.2. The van der Waals surface area contributed by atoms with E-state index in [1.165, 1.54) is 12.3 Å². The molecule has 2 rings (SSSR count). The van der Waals surface area contributed by atoms with Crippen LogP contribution in [0.15, 0.2) is 17.2 Å². The van der Waals surface area contributed by atoms with Crippen molar-refractivity contribution in [3.8, 4) is 0 Å². The molecule has 0 aromatic carbocycles. The van der Waals surface area contributed by atoms with Gasteiger partial charge in [-0.3, -0.25) is 0 Å². The molecule has 0 radical (unpaired) electrons. The van der Waals surface area contributed by atoms with Gasteiger partial charge in [-0.25, -0.2) is 8.42 Å². The van der Waals surface area contributed by atoms with Crippen LogP contribution in [0, 0.1) is 5.92 Å². The van der Waals surface area contributed by atoms with E-state index in [2.05, 4.69) is 11.9 Å². The summed E-state index contributed by atoms with van der Waals surface area (Å²) >= 11 is 0. The Hall–Kier alpha value is -0.850. The van der Waals surface area contributed by atoms with E-state index in [4.69, 9.17) is 5.11 Å². The number of aromatic amines is 1. The summed E-state index contributed by atoms with van der Waals surface area (Å²) in [4.78, 5) is 3.01. The molecular formula is C12H20N2O3S. The lowest BCUT2D eigenvalue weighted by Crippen LogP contribution is -2.44. The van der Waals surface area contributed by atoms with Gasteiger partial charge in [0, 0.05) is 24.5 Å². The monoisotopic (exact) mass is 272 g/mol. The quantitative estimate of drug-likeness (QED) is 0.871. The lowest BCUT2D eigenvalue weighted by atomic mass is 9.97. The zero-order valence-electron chi connectivity index (χ0n) is 10.8. The highest BCUT2D eigenvalue weighted by Gasteiger charge is 2.33. The Labute approximate surface area is 108 Å². The van der Waals surface area contributed by atoms with Gasteiger partial charge in [-0.15, -0.1) is 0 Å². The summed E-state index contributed by atoms with van der Waals surface area (Å²) in [5.74, 6) is 0.396. The van der Waals surface area contributed by atoms with Crippen LogP contribution in [0.3, 0.4) is 0 Å². The van der Waals surface area contributed by atoms with E-state index in [0.717, 1.165) is 12.8 Å². The van der Waals surface area contributed by atoms with Crippen molar-refractivity contribution < 1.29 is 13.5 Å². The normalized spacial score (nSPS) is 26.4. The number of H-pyrrole nitrogens is 1. The molecule has 1 fully saturated rings. The highest BCUT2D eigenvalue weighted by molar-refractivity contribution is 7.89. The van der Waals surface area contributed by atoms with E-state index >= 15 is 0 Å². The fraction of sp³-hybridized carbons (Fsp3) is 0.667. The molecule has 2 unspecified atom stereocenters. The zero-order valence-corrected chi connectivity index (χ0v) is 11.6. The topological polar surface area (TPSA) is 73.4 Å². The van der Waals surface area contributed by atoms with Crippen LogP contribution in [0.4, 0.5) is 0 Å². The van der Waals surface area contributed by atoms with E-state index in [-0.39, 0.29) is 17.5 Å². The molecule has 1 aliphatic rings. The average molecular weight is 272 g/mol. The van der Waals surface area contributed by atoms with Crippen LogP contribution in [0.2, 0.25) is 0 Å². The fourth-order valence-electron chi connectivity index (χ4n) is 2.38. The average Bonchev–Trinajstić information content (AvgIpc) is 2.81. The van der Waals surface area contributed by atoms with Crippen molar-refractivity contribution in [2.75, 3.05) is 6.54 Å². The van der Waals surface area contributed by atoms with Crippen molar-refractivity contribution in [3.05, 3.63) is 18.0 Å². The molecule has 1 aliphatic heterocycles. The van der Waals surface area contributed by atoms with Gasteiger partial charge >= 0.3 is 0 Å². The number of aliphatic hydroxyl groups excluding tert-OH is 1. The summed E-state index contributed by atoms with van der Waals surface area (Å²) in [6.45, 7) is 4.42. The molecule has 1 aromatic heterocycles. The van der Waals surface area contributed by atoms with E-state index < -0.39 is 10.0 Å². The van der Waals surface area contributed by atoms with Gasteiger partial charge in [0.15, 0.2) is 0 Å². The summed E-state index contributed by atoms with van der Waals surface area (Å²) < 4.78 is 26.6. The lowest BCUT2D eigenvalue weighted by molar-refractivity contribution is 0.218. The molecule has 0 saturated carbocycles. The maximum atomic E-state index is 12.5. The van der Waals surface area contributed by atoms with Crippen molar-refractivity contribution in [3.63, 3.8) is 0 Å². The molecule has 0 aliphatic carbocycles. The first-order chi connectivity index (χ1) is 8.45. The molecule has 1 saturated heterocycles. The Balaban J connectivity index is 2.29. The van der Waals surface area contributed by atoms with Crippen LogP contribution in [0.25, 0.3) is 0 Å². The second-order valence-corrected chi connectivity index (χ2v) is 7.02. The van der Waals surface area contributed by atoms with Crippen molar-refractivity contribution in [2.45, 2.75) is 44.2 Å². The summed E-state index contributed by atoms with van der Waals surface area (Å²) in [5.41, 5.74) is 0.520. The predicted octanol–water partition coefficient (Wildman–Crippen LogP) is 1.32. The van der Waals surface area contributed by atoms with E-state index in [1.807, 2.05) is 6.92 Å². The Morgan fingerprint density at radius 1 is 1.44 bits per heavy atom. The molecule has 102 valence electrons. The van der Waals surface area contributed by atoms with Gasteiger partial charge in [-0.05, 0) is 31.7 Å². The largest absolute Gasteiger partial charge is 0.390 e. The number of hydrogen-bond acceptors (Lipinski definition) is 3. The first-order valence-electron chi connectivity index (χ1n) is 6.25. The Morgan fingerprint density at radius 3 is 2.78 bits per heavy atom. The van der Waals surface area contributed by atoms with Crippen LogP contribution in [-0.4, -0.2) is 35.4 Å². The number of piperidine rings is 1. The minimum atomic E-state index is -3.44. The third kappa shape index (κ3) is 2.46. The van der Waals surface area contributed by atoms with Gasteiger partial charge in [0.05, 0.1) is 11.5 Å². The number of nitrogens with one attached hydrogen (secondary N) is 1. The summed E-state index contributed by atoms with van der Waals surface area (Å²) in [6.07, 6.45) is 3.42. The number of hydrogen-bond donors (Lipinski definition) is 2. The van der Waals surface area contributed by atoms with Crippen molar-refractivity contribution in [1.82, 2.24) is 9.29 Å². The molecule has 2 atom stereocenters. The van der Waals surface area contributed by atoms with Crippen molar-refractivity contribution >= 4 is 10.0 Å². The third-order valence-electron chi connectivity index (χ3n) is 3.55. The number of rotatable bonds is 3. The SMILES string of the molecule is CC1CCC(C)N(S(=O)(=O)c2c[nH]c(CO)c2)C1. The van der Waals surface area contributed by atoms with E-state index in [0.29, 0.717) is 18.2 Å². The second kappa shape index (κ2) is 5.03. The van der Waals surface area contributed by atoms with Gasteiger partial charge in [0.25, 0.3) is 0 Å². The standard InChI is InChI=1S/C12H20N2O3S/c1-9-3-4-10(2)14(7-9)18(16,17)12-5-11(8-15)13-6-12/h5-6,9-10,13,15H,3-4,7-8H2,1-2H3. The Morgan fingerprint density at radius 2 is 2.17 bits per heavy atom. The summed E-state index contributed by atoms with van der Waals surface area (Å²) in [5, 5.41) is 8.98. The molecule has 2 N–H and O–H groups in total. The molecule has 0 bridgehead atoms. The van der Waals surface area contributed by atoms with E-state index in [1.54, 1.807) is 4.31 Å². The van der Waals surface area contributed by atoms with Crippen LogP contribution in [0.1, 0.15) is 32.4 Å². The Bertz CT molecular complexity index is 509. The maximum absolute atomic E-state index is 12.5. The number of sulfonamides is 1. The summed E-state index contributed by atoms with van der Waals surface area (Å²) in [6, 6.07) is 1.54. The lowest BCUT2D eigenvalue weighted by Gasteiger charge is -2.35. The van der Waals surface area contributed by atoms with Crippen LogP contribution < -0.4 is 0 Å². The maximum Gasteiger partial charge on any atom is 0.244 e. The minimum absolute atomic E-state index is 0.0404. The van der Waals surface area contributed by atoms with Gasteiger partial charge in [-0.1, -0.05) is 6.92 Å². The zero-order chi connectivity index (χ0) is 13.3. The molecule has 18 heavy (non-hydrogen) atoms. The van der Waals surface area contributed by atoms with Gasteiger partial charge < -0.3 is 10.1 Å².